The second-order valence-corrected chi connectivity index (χ2v) is 14.1. The third-order valence-corrected chi connectivity index (χ3v) is 9.29. The summed E-state index contributed by atoms with van der Waals surface area (Å²) in [7, 11) is 6.90. The maximum Gasteiger partial charge on any atom is 0.0110 e. The van der Waals surface area contributed by atoms with E-state index in [1.54, 1.807) is 0 Å². The molecule has 0 aliphatic heterocycles. The number of hydrogen-bond acceptors (Lipinski definition) is 9. The first-order valence-corrected chi connectivity index (χ1v) is 20.2. The summed E-state index contributed by atoms with van der Waals surface area (Å²) in [6, 6.07) is 0. The first-order chi connectivity index (χ1) is 22.8. The zero-order chi connectivity index (χ0) is 35.0. The van der Waals surface area contributed by atoms with Gasteiger partial charge < -0.3 is 35.1 Å². The van der Waals surface area contributed by atoms with Crippen molar-refractivity contribution < 1.29 is 0 Å². The Morgan fingerprint density at radius 2 is 0.596 bits per heavy atom. The fourth-order valence-electron chi connectivity index (χ4n) is 6.09. The molecule has 9 nitrogen and oxygen atoms in total. The second-order valence-electron chi connectivity index (χ2n) is 14.1. The Hall–Kier alpha value is -0.360. The van der Waals surface area contributed by atoms with Gasteiger partial charge in [-0.15, -0.1) is 0 Å². The summed E-state index contributed by atoms with van der Waals surface area (Å²) in [6.07, 6.45) is 8.67. The van der Waals surface area contributed by atoms with Gasteiger partial charge in [-0.25, -0.2) is 0 Å². The Labute approximate surface area is 296 Å². The van der Waals surface area contributed by atoms with Crippen LogP contribution in [0.2, 0.25) is 0 Å². The Morgan fingerprint density at radius 3 is 0.979 bits per heavy atom. The van der Waals surface area contributed by atoms with E-state index in [9.17, 15) is 0 Å². The van der Waals surface area contributed by atoms with Gasteiger partial charge in [0.1, 0.15) is 0 Å². The molecule has 0 saturated heterocycles. The van der Waals surface area contributed by atoms with Gasteiger partial charge in [0, 0.05) is 105 Å². The van der Waals surface area contributed by atoms with Crippen LogP contribution in [0.4, 0.5) is 0 Å². The summed E-state index contributed by atoms with van der Waals surface area (Å²) < 4.78 is 0. The molecule has 9 heteroatoms. The lowest BCUT2D eigenvalue weighted by molar-refractivity contribution is 0.154. The van der Waals surface area contributed by atoms with Crippen molar-refractivity contribution in [2.24, 2.45) is 0 Å². The molecule has 0 spiro atoms. The van der Waals surface area contributed by atoms with Crippen LogP contribution < -0.4 is 10.6 Å². The molecule has 284 valence electrons. The van der Waals surface area contributed by atoms with E-state index in [1.807, 2.05) is 0 Å². The topological polar surface area (TPSA) is 46.7 Å². The summed E-state index contributed by atoms with van der Waals surface area (Å²) in [5.74, 6) is 0. The Kier molecular flexibility index (Phi) is 33.8. The number of rotatable bonds is 37. The molecule has 0 fully saturated rings. The molecular weight excluding hydrogens is 582 g/mol. The largest absolute Gasteiger partial charge is 0.315 e. The van der Waals surface area contributed by atoms with Crippen LogP contribution >= 0.6 is 0 Å². The molecule has 0 heterocycles. The SMILES string of the molecule is CCCCNCCN(CCN(C)CCC)CCN(CCC)CCN(C)CCN(CCN(C)CCC)CCN(CCC)CCNCCC. The molecule has 2 N–H and O–H groups in total. The lowest BCUT2D eigenvalue weighted by atomic mass is 10.3. The van der Waals surface area contributed by atoms with Crippen LogP contribution in [-0.4, -0.2) is 199 Å². The molecule has 0 radical (unpaired) electrons. The van der Waals surface area contributed by atoms with Gasteiger partial charge in [0.2, 0.25) is 0 Å². The Balaban J connectivity index is 4.98. The van der Waals surface area contributed by atoms with Crippen molar-refractivity contribution in [3.8, 4) is 0 Å². The fourth-order valence-corrected chi connectivity index (χ4v) is 6.09. The lowest BCUT2D eigenvalue weighted by Crippen LogP contribution is -2.45. The van der Waals surface area contributed by atoms with Gasteiger partial charge >= 0.3 is 0 Å². The van der Waals surface area contributed by atoms with Crippen LogP contribution in [0, 0.1) is 0 Å². The molecule has 0 aliphatic rings. The predicted octanol–water partition coefficient (Wildman–Crippen LogP) is 4.02. The molecule has 47 heavy (non-hydrogen) atoms. The van der Waals surface area contributed by atoms with Crippen LogP contribution in [-0.2, 0) is 0 Å². The molecule has 0 bridgehead atoms. The van der Waals surface area contributed by atoms with Crippen molar-refractivity contribution >= 4 is 0 Å². The van der Waals surface area contributed by atoms with E-state index in [4.69, 9.17) is 0 Å². The minimum atomic E-state index is 1.10. The molecular formula is C38H87N9. The molecule has 0 aromatic heterocycles. The van der Waals surface area contributed by atoms with Gasteiger partial charge in [0.05, 0.1) is 0 Å². The van der Waals surface area contributed by atoms with Gasteiger partial charge in [-0.1, -0.05) is 48.0 Å². The van der Waals surface area contributed by atoms with Crippen LogP contribution in [0.15, 0.2) is 0 Å². The fraction of sp³-hybridized carbons (Fsp3) is 1.00. The zero-order valence-corrected chi connectivity index (χ0v) is 33.6. The highest BCUT2D eigenvalue weighted by Gasteiger charge is 2.14. The van der Waals surface area contributed by atoms with Gasteiger partial charge in [0.25, 0.3) is 0 Å². The highest BCUT2D eigenvalue weighted by Crippen LogP contribution is 2.01. The number of hydrogen-bond donors (Lipinski definition) is 2. The normalized spacial score (nSPS) is 12.5. The third-order valence-electron chi connectivity index (χ3n) is 9.29. The van der Waals surface area contributed by atoms with Crippen molar-refractivity contribution in [3.05, 3.63) is 0 Å². The standard InChI is InChI=1S/C38H87N9/c1-10-16-18-40-20-26-46(32-27-41(7)21-12-3)37-36-45(24-15-6)31-29-43(9)30-34-47(33-28-42(8)22-13-4)38-35-44(23-14-5)25-19-39-17-11-2/h39-40H,10-38H2,1-9H3. The quantitative estimate of drug-likeness (QED) is 0.0956. The number of nitrogens with zero attached hydrogens (tertiary/aromatic N) is 7. The zero-order valence-electron chi connectivity index (χ0n) is 33.6. The first-order valence-electron chi connectivity index (χ1n) is 20.2. The molecule has 0 aromatic rings. The van der Waals surface area contributed by atoms with Crippen molar-refractivity contribution in [1.82, 2.24) is 44.9 Å². The minimum absolute atomic E-state index is 1.10. The highest BCUT2D eigenvalue weighted by atomic mass is 15.3. The minimum Gasteiger partial charge on any atom is -0.315 e. The first kappa shape index (κ1) is 46.6. The van der Waals surface area contributed by atoms with Crippen molar-refractivity contribution in [2.75, 3.05) is 165 Å². The molecule has 0 rings (SSSR count). The molecule has 0 unspecified atom stereocenters. The predicted molar refractivity (Wildman–Crippen MR) is 210 cm³/mol. The van der Waals surface area contributed by atoms with Gasteiger partial charge in [0.15, 0.2) is 0 Å². The molecule has 0 aromatic carbocycles. The van der Waals surface area contributed by atoms with E-state index >= 15 is 0 Å². The van der Waals surface area contributed by atoms with Gasteiger partial charge in [-0.3, -0.25) is 9.80 Å². The lowest BCUT2D eigenvalue weighted by Gasteiger charge is -2.32. The van der Waals surface area contributed by atoms with E-state index in [0.717, 1.165) is 85.1 Å². The molecule has 0 atom stereocenters. The second kappa shape index (κ2) is 34.1. The average Bonchev–Trinajstić information content (AvgIpc) is 3.05. The smallest absolute Gasteiger partial charge is 0.0110 e. The number of likely N-dealkylation sites (N-methyl/N-ethyl adjacent to an activating group) is 3. The maximum atomic E-state index is 3.67. The van der Waals surface area contributed by atoms with Crippen LogP contribution in [0.5, 0.6) is 0 Å². The van der Waals surface area contributed by atoms with Crippen LogP contribution in [0.1, 0.15) is 86.5 Å². The van der Waals surface area contributed by atoms with E-state index in [1.165, 1.54) is 104 Å². The summed E-state index contributed by atoms with van der Waals surface area (Å²) in [4.78, 5) is 18.4. The molecule has 0 aliphatic carbocycles. The summed E-state index contributed by atoms with van der Waals surface area (Å²) >= 11 is 0. The van der Waals surface area contributed by atoms with E-state index in [0.29, 0.717) is 0 Å². The van der Waals surface area contributed by atoms with Crippen LogP contribution in [0.25, 0.3) is 0 Å². The highest BCUT2D eigenvalue weighted by molar-refractivity contribution is 4.71. The maximum absolute atomic E-state index is 3.67. The van der Waals surface area contributed by atoms with E-state index in [2.05, 4.69) is 108 Å². The van der Waals surface area contributed by atoms with Crippen molar-refractivity contribution in [2.45, 2.75) is 86.5 Å². The molecule has 0 saturated carbocycles. The Morgan fingerprint density at radius 1 is 0.277 bits per heavy atom. The van der Waals surface area contributed by atoms with Crippen LogP contribution in [0.3, 0.4) is 0 Å². The Bertz CT molecular complexity index is 626. The summed E-state index contributed by atoms with van der Waals surface area (Å²) in [6.45, 7) is 39.3. The summed E-state index contributed by atoms with van der Waals surface area (Å²) in [5, 5.41) is 7.28. The monoisotopic (exact) mass is 670 g/mol. The average molecular weight is 670 g/mol. The number of unbranched alkanes of at least 4 members (excludes halogenated alkanes) is 1. The van der Waals surface area contributed by atoms with Crippen molar-refractivity contribution in [3.63, 3.8) is 0 Å². The summed E-state index contributed by atoms with van der Waals surface area (Å²) in [5.41, 5.74) is 0. The van der Waals surface area contributed by atoms with E-state index in [-0.39, 0.29) is 0 Å². The third kappa shape index (κ3) is 29.1. The van der Waals surface area contributed by atoms with E-state index < -0.39 is 0 Å². The molecule has 0 amide bonds. The number of nitrogens with one attached hydrogen (secondary N) is 2. The van der Waals surface area contributed by atoms with Crippen molar-refractivity contribution in [1.29, 1.82) is 0 Å². The van der Waals surface area contributed by atoms with Gasteiger partial charge in [-0.05, 0) is 98.9 Å². The van der Waals surface area contributed by atoms with Gasteiger partial charge in [-0.2, -0.15) is 0 Å².